The Morgan fingerprint density at radius 3 is 2.37 bits per heavy atom. The first kappa shape index (κ1) is 26.9. The number of amides is 1. The Morgan fingerprint density at radius 2 is 1.71 bits per heavy atom. The number of carbonyl (C=O) groups excluding carboxylic acids is 2. The molecule has 1 aromatic heterocycles. The molecule has 0 spiro atoms. The van der Waals surface area contributed by atoms with Crippen LogP contribution in [0.4, 0.5) is 0 Å². The fraction of sp³-hybridized carbons (Fsp3) is 0.333. The van der Waals surface area contributed by atoms with Crippen LogP contribution in [0.25, 0.3) is 5.76 Å². The van der Waals surface area contributed by atoms with E-state index < -0.39 is 17.7 Å². The lowest BCUT2D eigenvalue weighted by Gasteiger charge is -2.25. The van der Waals surface area contributed by atoms with Gasteiger partial charge in [-0.1, -0.05) is 19.4 Å². The number of hydrogen-bond donors (Lipinski definition) is 1. The van der Waals surface area contributed by atoms with E-state index in [4.69, 9.17) is 18.6 Å². The molecule has 1 fully saturated rings. The van der Waals surface area contributed by atoms with Gasteiger partial charge in [-0.05, 0) is 74.4 Å². The van der Waals surface area contributed by atoms with Crippen LogP contribution in [0.2, 0.25) is 0 Å². The van der Waals surface area contributed by atoms with Gasteiger partial charge in [-0.15, -0.1) is 0 Å². The molecule has 2 heterocycles. The third-order valence-electron chi connectivity index (χ3n) is 6.22. The maximum Gasteiger partial charge on any atom is 0.296 e. The highest BCUT2D eigenvalue weighted by Gasteiger charge is 2.46. The molecule has 0 radical (unpaired) electrons. The molecule has 2 aromatic carbocycles. The summed E-state index contributed by atoms with van der Waals surface area (Å²) in [6.07, 6.45) is 3.41. The number of Topliss-reactive ketones (excluding diaryl/α,β-unsaturated/α-hetero) is 1. The first-order valence-corrected chi connectivity index (χ1v) is 12.9. The first-order valence-electron chi connectivity index (χ1n) is 12.9. The third-order valence-corrected chi connectivity index (χ3v) is 6.22. The molecular formula is C30H33NO7. The molecule has 1 aliphatic rings. The molecule has 8 heteroatoms. The Labute approximate surface area is 222 Å². The number of aliphatic hydroxyl groups excluding tert-OH is 1. The smallest absolute Gasteiger partial charge is 0.296 e. The lowest BCUT2D eigenvalue weighted by atomic mass is 9.95. The van der Waals surface area contributed by atoms with Crippen molar-refractivity contribution in [2.75, 3.05) is 19.8 Å². The summed E-state index contributed by atoms with van der Waals surface area (Å²) in [6.45, 7) is 7.35. The maximum absolute atomic E-state index is 13.3. The van der Waals surface area contributed by atoms with Crippen LogP contribution in [-0.4, -0.2) is 41.5 Å². The van der Waals surface area contributed by atoms with Crippen molar-refractivity contribution in [2.24, 2.45) is 0 Å². The van der Waals surface area contributed by atoms with Crippen LogP contribution in [0.1, 0.15) is 56.5 Å². The van der Waals surface area contributed by atoms with Crippen molar-refractivity contribution in [1.29, 1.82) is 0 Å². The van der Waals surface area contributed by atoms with E-state index in [9.17, 15) is 14.7 Å². The van der Waals surface area contributed by atoms with Crippen LogP contribution < -0.4 is 14.2 Å². The van der Waals surface area contributed by atoms with Gasteiger partial charge in [0, 0.05) is 5.56 Å². The zero-order chi connectivity index (χ0) is 27.1. The van der Waals surface area contributed by atoms with E-state index in [1.54, 1.807) is 54.6 Å². The monoisotopic (exact) mass is 519 g/mol. The average molecular weight is 520 g/mol. The predicted octanol–water partition coefficient (Wildman–Crippen LogP) is 5.88. The van der Waals surface area contributed by atoms with Gasteiger partial charge in [-0.25, -0.2) is 0 Å². The number of furan rings is 1. The molecule has 3 aromatic rings. The normalized spacial score (nSPS) is 16.6. The minimum atomic E-state index is -0.865. The van der Waals surface area contributed by atoms with Crippen molar-refractivity contribution in [3.63, 3.8) is 0 Å². The minimum Gasteiger partial charge on any atom is -0.507 e. The third kappa shape index (κ3) is 5.69. The van der Waals surface area contributed by atoms with Crippen molar-refractivity contribution in [3.05, 3.63) is 83.3 Å². The van der Waals surface area contributed by atoms with Gasteiger partial charge in [0.15, 0.2) is 11.5 Å². The summed E-state index contributed by atoms with van der Waals surface area (Å²) in [4.78, 5) is 28.0. The van der Waals surface area contributed by atoms with E-state index in [0.29, 0.717) is 54.0 Å². The Bertz CT molecular complexity index is 1280. The van der Waals surface area contributed by atoms with Gasteiger partial charge in [0.2, 0.25) is 0 Å². The van der Waals surface area contributed by atoms with Gasteiger partial charge in [0.05, 0.1) is 44.2 Å². The summed E-state index contributed by atoms with van der Waals surface area (Å²) in [7, 11) is 0. The number of carbonyl (C=O) groups is 2. The maximum atomic E-state index is 13.3. The van der Waals surface area contributed by atoms with E-state index in [0.717, 1.165) is 12.8 Å². The summed E-state index contributed by atoms with van der Waals surface area (Å²) in [5.74, 6) is 0.486. The second kappa shape index (κ2) is 12.4. The Hall–Kier alpha value is -4.20. The second-order valence-corrected chi connectivity index (χ2v) is 8.80. The summed E-state index contributed by atoms with van der Waals surface area (Å²) < 4.78 is 22.7. The number of benzene rings is 2. The highest BCUT2D eigenvalue weighted by atomic mass is 16.5. The Balaban J connectivity index is 1.81. The summed E-state index contributed by atoms with van der Waals surface area (Å²) in [6, 6.07) is 14.7. The molecule has 1 unspecified atom stereocenters. The Morgan fingerprint density at radius 1 is 0.947 bits per heavy atom. The SMILES string of the molecule is CCCCOc1ccc(C2C(=C(O)c3ccc(OCC)cc3)C(=O)C(=O)N2Cc2ccco2)cc1OCC. The lowest BCUT2D eigenvalue weighted by Crippen LogP contribution is -2.29. The highest BCUT2D eigenvalue weighted by Crippen LogP contribution is 2.43. The molecule has 1 aliphatic heterocycles. The molecule has 1 atom stereocenters. The van der Waals surface area contributed by atoms with Crippen LogP contribution in [0.5, 0.6) is 17.2 Å². The average Bonchev–Trinajstić information content (AvgIpc) is 3.52. The minimum absolute atomic E-state index is 0.00665. The molecule has 4 rings (SSSR count). The van der Waals surface area contributed by atoms with Crippen molar-refractivity contribution in [1.82, 2.24) is 4.90 Å². The number of nitrogens with zero attached hydrogens (tertiary/aromatic N) is 1. The number of ketones is 1. The second-order valence-electron chi connectivity index (χ2n) is 8.80. The summed E-state index contributed by atoms with van der Waals surface area (Å²) in [5.41, 5.74) is 1.00. The quantitative estimate of drug-likeness (QED) is 0.138. The van der Waals surface area contributed by atoms with Gasteiger partial charge >= 0.3 is 0 Å². The Kier molecular flexibility index (Phi) is 8.73. The number of rotatable bonds is 12. The molecule has 0 bridgehead atoms. The molecule has 0 saturated carbocycles. The summed E-state index contributed by atoms with van der Waals surface area (Å²) in [5, 5.41) is 11.3. The lowest BCUT2D eigenvalue weighted by molar-refractivity contribution is -0.140. The van der Waals surface area contributed by atoms with Gasteiger partial charge in [0.1, 0.15) is 17.3 Å². The number of ether oxygens (including phenoxy) is 3. The largest absolute Gasteiger partial charge is 0.507 e. The molecule has 1 N–H and O–H groups in total. The zero-order valence-corrected chi connectivity index (χ0v) is 21.9. The van der Waals surface area contributed by atoms with E-state index in [-0.39, 0.29) is 17.9 Å². The predicted molar refractivity (Wildman–Crippen MR) is 142 cm³/mol. The van der Waals surface area contributed by atoms with Crippen LogP contribution in [0.3, 0.4) is 0 Å². The van der Waals surface area contributed by atoms with E-state index in [1.807, 2.05) is 13.8 Å². The fourth-order valence-corrected chi connectivity index (χ4v) is 4.40. The van der Waals surface area contributed by atoms with E-state index in [2.05, 4.69) is 6.92 Å². The molecule has 8 nitrogen and oxygen atoms in total. The van der Waals surface area contributed by atoms with Crippen LogP contribution in [-0.2, 0) is 16.1 Å². The summed E-state index contributed by atoms with van der Waals surface area (Å²) >= 11 is 0. The number of unbranched alkanes of at least 4 members (excludes halogenated alkanes) is 1. The molecule has 1 amide bonds. The number of hydrogen-bond acceptors (Lipinski definition) is 7. The van der Waals surface area contributed by atoms with Crippen LogP contribution >= 0.6 is 0 Å². The van der Waals surface area contributed by atoms with Crippen LogP contribution in [0, 0.1) is 0 Å². The number of likely N-dealkylation sites (tertiary alicyclic amines) is 1. The molecule has 0 aliphatic carbocycles. The first-order chi connectivity index (χ1) is 18.5. The molecule has 200 valence electrons. The zero-order valence-electron chi connectivity index (χ0n) is 21.9. The fourth-order valence-electron chi connectivity index (χ4n) is 4.40. The van der Waals surface area contributed by atoms with E-state index in [1.165, 1.54) is 11.2 Å². The number of aliphatic hydroxyl groups is 1. The van der Waals surface area contributed by atoms with Crippen molar-refractivity contribution in [3.8, 4) is 17.2 Å². The molecule has 1 saturated heterocycles. The van der Waals surface area contributed by atoms with Crippen molar-refractivity contribution in [2.45, 2.75) is 46.2 Å². The van der Waals surface area contributed by atoms with Crippen molar-refractivity contribution < 1.29 is 33.3 Å². The standard InChI is InChI=1S/C30H33NO7/c1-4-7-16-38-24-15-12-21(18-25(24)36-6-3)27-26(28(32)20-10-13-22(14-11-20)35-5-2)29(33)30(34)31(27)19-23-9-8-17-37-23/h8-15,17-18,27,32H,4-7,16,19H2,1-3H3. The highest BCUT2D eigenvalue weighted by molar-refractivity contribution is 6.46. The van der Waals surface area contributed by atoms with E-state index >= 15 is 0 Å². The van der Waals surface area contributed by atoms with Gasteiger partial charge in [-0.3, -0.25) is 9.59 Å². The van der Waals surface area contributed by atoms with Gasteiger partial charge < -0.3 is 28.6 Å². The van der Waals surface area contributed by atoms with Gasteiger partial charge in [-0.2, -0.15) is 0 Å². The molecular weight excluding hydrogens is 486 g/mol. The van der Waals surface area contributed by atoms with Crippen molar-refractivity contribution >= 4 is 17.4 Å². The van der Waals surface area contributed by atoms with Gasteiger partial charge in [0.25, 0.3) is 11.7 Å². The molecule has 38 heavy (non-hydrogen) atoms. The van der Waals surface area contributed by atoms with Crippen LogP contribution in [0.15, 0.2) is 70.9 Å². The topological polar surface area (TPSA) is 98.4 Å².